The Hall–Kier alpha value is -2.66. The predicted octanol–water partition coefficient (Wildman–Crippen LogP) is 2.93. The summed E-state index contributed by atoms with van der Waals surface area (Å²) in [4.78, 5) is 3.86. The Bertz CT molecular complexity index is 833. The van der Waals surface area contributed by atoms with Crippen LogP contribution in [0.3, 0.4) is 0 Å². The number of aromatic nitrogens is 3. The molecule has 0 saturated carbocycles. The second kappa shape index (κ2) is 5.61. The molecule has 5 nitrogen and oxygen atoms in total. The Labute approximate surface area is 135 Å². The van der Waals surface area contributed by atoms with Crippen molar-refractivity contribution in [2.75, 3.05) is 0 Å². The molecule has 2 aromatic rings. The number of nitriles is 2. The van der Waals surface area contributed by atoms with Gasteiger partial charge in [-0.1, -0.05) is 18.1 Å². The molecule has 0 N–H and O–H groups in total. The molecule has 0 bridgehead atoms. The van der Waals surface area contributed by atoms with Crippen molar-refractivity contribution in [1.82, 2.24) is 14.8 Å². The van der Waals surface area contributed by atoms with Gasteiger partial charge in [-0.3, -0.25) is 0 Å². The van der Waals surface area contributed by atoms with Crippen LogP contribution in [0.1, 0.15) is 48.5 Å². The van der Waals surface area contributed by atoms with E-state index in [1.807, 2.05) is 0 Å². The van der Waals surface area contributed by atoms with Gasteiger partial charge in [0.15, 0.2) is 0 Å². The summed E-state index contributed by atoms with van der Waals surface area (Å²) < 4.78 is 27.0. The fourth-order valence-corrected chi connectivity index (χ4v) is 1.81. The van der Waals surface area contributed by atoms with Crippen molar-refractivity contribution in [3.05, 3.63) is 47.5 Å². The number of nitrogens with zero attached hydrogens (tertiary/aromatic N) is 5. The van der Waals surface area contributed by atoms with Crippen molar-refractivity contribution in [2.24, 2.45) is 0 Å². The highest BCUT2D eigenvalue weighted by atomic mass is 15.3. The molecule has 22 heavy (non-hydrogen) atoms. The van der Waals surface area contributed by atoms with E-state index in [0.29, 0.717) is 5.56 Å². The van der Waals surface area contributed by atoms with E-state index in [9.17, 15) is 10.5 Å². The molecule has 0 radical (unpaired) electrons. The van der Waals surface area contributed by atoms with Crippen molar-refractivity contribution >= 4 is 0 Å². The predicted molar refractivity (Wildman–Crippen MR) is 82.8 cm³/mol. The number of hydrogen-bond donors (Lipinski definition) is 0. The molecule has 0 amide bonds. The maximum Gasteiger partial charge on any atom is 0.137 e. The van der Waals surface area contributed by atoms with Crippen molar-refractivity contribution in [3.8, 4) is 12.1 Å². The van der Waals surface area contributed by atoms with Gasteiger partial charge < -0.3 is 0 Å². The van der Waals surface area contributed by atoms with Crippen LogP contribution in [0, 0.1) is 22.7 Å². The minimum absolute atomic E-state index is 0.0328. The Morgan fingerprint density at radius 3 is 2.05 bits per heavy atom. The summed E-state index contributed by atoms with van der Waals surface area (Å²) in [5.74, 6) is 0. The van der Waals surface area contributed by atoms with Crippen LogP contribution in [0.2, 0.25) is 0 Å². The van der Waals surface area contributed by atoms with Gasteiger partial charge in [0.2, 0.25) is 0 Å². The summed E-state index contributed by atoms with van der Waals surface area (Å²) in [5, 5.41) is 23.0. The Morgan fingerprint density at radius 2 is 1.64 bits per heavy atom. The van der Waals surface area contributed by atoms with E-state index in [-0.39, 0.29) is 35.8 Å². The molecule has 0 unspecified atom stereocenters. The minimum atomic E-state index is -1.10. The molecular weight excluding hydrogens is 274 g/mol. The second-order valence-corrected chi connectivity index (χ2v) is 6.17. The van der Waals surface area contributed by atoms with Crippen molar-refractivity contribution in [3.63, 3.8) is 0 Å². The molecule has 2 rings (SSSR count). The summed E-state index contributed by atoms with van der Waals surface area (Å²) in [7, 11) is 0. The van der Waals surface area contributed by atoms with Crippen molar-refractivity contribution in [2.45, 2.75) is 45.1 Å². The second-order valence-electron chi connectivity index (χ2n) is 6.17. The molecular formula is C17H19N5. The topological polar surface area (TPSA) is 78.3 Å². The van der Waals surface area contributed by atoms with Crippen LogP contribution >= 0.6 is 0 Å². The molecule has 0 fully saturated rings. The zero-order valence-corrected chi connectivity index (χ0v) is 13.1. The number of rotatable bonds is 4. The molecule has 0 atom stereocenters. The summed E-state index contributed by atoms with van der Waals surface area (Å²) >= 11 is 0. The number of benzene rings is 1. The molecule has 0 spiro atoms. The summed E-state index contributed by atoms with van der Waals surface area (Å²) in [6, 6.07) is 4.09. The number of hydrogen-bond acceptors (Lipinski definition) is 4. The molecule has 0 saturated heterocycles. The van der Waals surface area contributed by atoms with E-state index in [4.69, 9.17) is 4.11 Å². The molecule has 0 aliphatic carbocycles. The minimum Gasteiger partial charge on any atom is -0.249 e. The molecule has 112 valence electrons. The standard InChI is InChI=1S/C17H19N5/c1-16(2,9-18)14-5-13(8-22-12-20-11-21-22)6-15(7-14)17(3,4)10-19/h5-7,11-12H,8H2,1-4H3/i5D,6D,7D. The van der Waals surface area contributed by atoms with Crippen LogP contribution in [-0.2, 0) is 17.4 Å². The normalized spacial score (nSPS) is 13.6. The maximum absolute atomic E-state index is 9.51. The van der Waals surface area contributed by atoms with Gasteiger partial charge in [0.25, 0.3) is 0 Å². The lowest BCUT2D eigenvalue weighted by atomic mass is 9.79. The molecule has 0 aliphatic rings. The lowest BCUT2D eigenvalue weighted by molar-refractivity contribution is 0.646. The van der Waals surface area contributed by atoms with E-state index >= 15 is 0 Å². The summed E-state index contributed by atoms with van der Waals surface area (Å²) in [6.07, 6.45) is 2.82. The largest absolute Gasteiger partial charge is 0.249 e. The van der Waals surface area contributed by atoms with Crippen LogP contribution in [0.5, 0.6) is 0 Å². The van der Waals surface area contributed by atoms with Crippen LogP contribution in [-0.4, -0.2) is 14.8 Å². The highest BCUT2D eigenvalue weighted by Crippen LogP contribution is 2.30. The molecule has 1 heterocycles. The van der Waals surface area contributed by atoms with Gasteiger partial charge in [-0.15, -0.1) is 0 Å². The van der Waals surface area contributed by atoms with Crippen LogP contribution < -0.4 is 0 Å². The van der Waals surface area contributed by atoms with Gasteiger partial charge >= 0.3 is 0 Å². The van der Waals surface area contributed by atoms with E-state index in [1.165, 1.54) is 17.3 Å². The monoisotopic (exact) mass is 296 g/mol. The smallest absolute Gasteiger partial charge is 0.137 e. The summed E-state index contributed by atoms with van der Waals surface area (Å²) in [5.41, 5.74) is -1.43. The van der Waals surface area contributed by atoms with Crippen LogP contribution in [0.4, 0.5) is 0 Å². The first kappa shape index (κ1) is 11.9. The van der Waals surface area contributed by atoms with Crippen LogP contribution in [0.25, 0.3) is 0 Å². The third kappa shape index (κ3) is 3.15. The zero-order valence-electron chi connectivity index (χ0n) is 16.1. The van der Waals surface area contributed by atoms with Crippen molar-refractivity contribution in [1.29, 1.82) is 10.5 Å². The molecule has 1 aromatic heterocycles. The lowest BCUT2D eigenvalue weighted by Crippen LogP contribution is -2.20. The fraction of sp³-hybridized carbons (Fsp3) is 0.412. The van der Waals surface area contributed by atoms with E-state index in [2.05, 4.69) is 22.2 Å². The van der Waals surface area contributed by atoms with E-state index in [0.717, 1.165) is 0 Å². The zero-order chi connectivity index (χ0) is 19.0. The fourth-order valence-electron chi connectivity index (χ4n) is 1.81. The lowest BCUT2D eigenvalue weighted by Gasteiger charge is -2.23. The van der Waals surface area contributed by atoms with Gasteiger partial charge in [-0.25, -0.2) is 9.67 Å². The SMILES string of the molecule is [2H]c1c(Cn2cncn2)c([2H])c(C(C)(C)C#N)c([2H])c1C(C)(C)C#N. The Kier molecular flexibility index (Phi) is 3.05. The van der Waals surface area contributed by atoms with E-state index < -0.39 is 10.8 Å². The third-order valence-electron chi connectivity index (χ3n) is 3.40. The highest BCUT2D eigenvalue weighted by Gasteiger charge is 2.26. The van der Waals surface area contributed by atoms with Gasteiger partial charge in [0.05, 0.1) is 33.6 Å². The van der Waals surface area contributed by atoms with Crippen LogP contribution in [0.15, 0.2) is 30.8 Å². The van der Waals surface area contributed by atoms with Crippen molar-refractivity contribution < 1.29 is 4.11 Å². The Balaban J connectivity index is 2.89. The maximum atomic E-state index is 9.51. The average molecular weight is 296 g/mol. The molecule has 1 aromatic carbocycles. The Morgan fingerprint density at radius 1 is 1.09 bits per heavy atom. The highest BCUT2D eigenvalue weighted by molar-refractivity contribution is 5.42. The first-order valence-electron chi connectivity index (χ1n) is 8.35. The quantitative estimate of drug-likeness (QED) is 0.869. The first-order valence-corrected chi connectivity index (χ1v) is 6.85. The van der Waals surface area contributed by atoms with E-state index in [1.54, 1.807) is 27.7 Å². The molecule has 0 aliphatic heterocycles. The van der Waals surface area contributed by atoms with Gasteiger partial charge in [0.1, 0.15) is 12.7 Å². The van der Waals surface area contributed by atoms with Gasteiger partial charge in [-0.2, -0.15) is 15.6 Å². The average Bonchev–Trinajstić information content (AvgIpc) is 3.04. The molecule has 5 heteroatoms. The third-order valence-corrected chi connectivity index (χ3v) is 3.40. The van der Waals surface area contributed by atoms with Gasteiger partial charge in [0, 0.05) is 0 Å². The first-order chi connectivity index (χ1) is 11.6. The summed E-state index contributed by atoms with van der Waals surface area (Å²) in [6.45, 7) is 6.63. The van der Waals surface area contributed by atoms with Gasteiger partial charge in [-0.05, 0) is 44.4 Å².